The van der Waals surface area contributed by atoms with Crippen LogP contribution in [0.5, 0.6) is 0 Å². The highest BCUT2D eigenvalue weighted by Gasteiger charge is 2.15. The van der Waals surface area contributed by atoms with E-state index in [4.69, 9.17) is 5.11 Å². The quantitative estimate of drug-likeness (QED) is 0.831. The number of nitrogens with zero attached hydrogens (tertiary/aromatic N) is 2. The van der Waals surface area contributed by atoms with Crippen LogP contribution in [-0.2, 0) is 5.75 Å². The Kier molecular flexibility index (Phi) is 5.78. The average Bonchev–Trinajstić information content (AvgIpc) is 2.90. The number of aryl methyl sites for hydroxylation is 1. The molecule has 0 fully saturated rings. The lowest BCUT2D eigenvalue weighted by Crippen LogP contribution is -2.29. The molecule has 0 aliphatic carbocycles. The number of carbonyl (C=O) groups is 1. The van der Waals surface area contributed by atoms with Crippen molar-refractivity contribution >= 4 is 29.0 Å². The molecule has 0 spiro atoms. The Hall–Kier alpha value is -1.37. The van der Waals surface area contributed by atoms with Gasteiger partial charge >= 0.3 is 0 Å². The summed E-state index contributed by atoms with van der Waals surface area (Å²) in [4.78, 5) is 19.3. The number of aromatic nitrogens is 1. The fourth-order valence-electron chi connectivity index (χ4n) is 1.85. The first kappa shape index (κ1) is 16.0. The molecule has 1 heterocycles. The highest BCUT2D eigenvalue weighted by Crippen LogP contribution is 2.27. The van der Waals surface area contributed by atoms with Gasteiger partial charge in [-0.25, -0.2) is 4.98 Å². The van der Waals surface area contributed by atoms with E-state index in [1.807, 2.05) is 36.6 Å². The zero-order valence-electron chi connectivity index (χ0n) is 12.1. The van der Waals surface area contributed by atoms with Gasteiger partial charge in [-0.05, 0) is 19.1 Å². The molecule has 1 amide bonds. The third-order valence-electron chi connectivity index (χ3n) is 2.94. The summed E-state index contributed by atoms with van der Waals surface area (Å²) >= 11 is 3.25. The van der Waals surface area contributed by atoms with Gasteiger partial charge in [0.15, 0.2) is 0 Å². The second-order valence-corrected chi connectivity index (χ2v) is 6.67. The van der Waals surface area contributed by atoms with Gasteiger partial charge in [0.2, 0.25) is 0 Å². The largest absolute Gasteiger partial charge is 0.395 e. The Balaban J connectivity index is 2.11. The summed E-state index contributed by atoms with van der Waals surface area (Å²) in [5.41, 5.74) is 1.71. The van der Waals surface area contributed by atoms with Crippen LogP contribution < -0.4 is 0 Å². The molecule has 1 aromatic heterocycles. The fourth-order valence-corrected chi connectivity index (χ4v) is 3.51. The van der Waals surface area contributed by atoms with Gasteiger partial charge in [0.05, 0.1) is 22.9 Å². The van der Waals surface area contributed by atoms with E-state index in [2.05, 4.69) is 4.98 Å². The van der Waals surface area contributed by atoms with Crippen molar-refractivity contribution < 1.29 is 9.90 Å². The molecule has 21 heavy (non-hydrogen) atoms. The van der Waals surface area contributed by atoms with Gasteiger partial charge in [-0.3, -0.25) is 4.79 Å². The molecule has 0 bridgehead atoms. The summed E-state index contributed by atoms with van der Waals surface area (Å²) < 4.78 is 0. The fraction of sp³-hybridized carbons (Fsp3) is 0.333. The second kappa shape index (κ2) is 7.59. The normalized spacial score (nSPS) is 10.6. The lowest BCUT2D eigenvalue weighted by Gasteiger charge is -2.17. The molecule has 0 aliphatic rings. The summed E-state index contributed by atoms with van der Waals surface area (Å²) in [6, 6.07) is 7.56. The molecule has 4 nitrogen and oxygen atoms in total. The van der Waals surface area contributed by atoms with E-state index in [1.54, 1.807) is 30.1 Å². The number of thiazole rings is 1. The number of aliphatic hydroxyl groups excluding tert-OH is 1. The van der Waals surface area contributed by atoms with E-state index < -0.39 is 0 Å². The highest BCUT2D eigenvalue weighted by atomic mass is 32.2. The molecule has 1 N–H and O–H groups in total. The van der Waals surface area contributed by atoms with Crippen LogP contribution in [-0.4, -0.2) is 41.1 Å². The predicted octanol–water partition coefficient (Wildman–Crippen LogP) is 2.81. The molecule has 2 aromatic rings. The van der Waals surface area contributed by atoms with Gasteiger partial charge in [-0.15, -0.1) is 23.1 Å². The van der Waals surface area contributed by atoms with Crippen molar-refractivity contribution in [2.75, 3.05) is 20.2 Å². The molecular weight excluding hydrogens is 304 g/mol. The Morgan fingerprint density at radius 2 is 2.19 bits per heavy atom. The summed E-state index contributed by atoms with van der Waals surface area (Å²) in [5, 5.41) is 12.0. The SMILES string of the molecule is Cc1nc(CSc2ccccc2C(=O)N(C)CCO)cs1. The van der Waals surface area contributed by atoms with Crippen LogP contribution in [0.4, 0.5) is 0 Å². The first-order valence-electron chi connectivity index (χ1n) is 6.61. The number of hydrogen-bond donors (Lipinski definition) is 1. The van der Waals surface area contributed by atoms with Crippen LogP contribution in [0.1, 0.15) is 21.1 Å². The zero-order chi connectivity index (χ0) is 15.2. The van der Waals surface area contributed by atoms with E-state index in [0.717, 1.165) is 21.3 Å². The van der Waals surface area contributed by atoms with E-state index in [-0.39, 0.29) is 12.5 Å². The molecule has 2 rings (SSSR count). The minimum absolute atomic E-state index is 0.0321. The van der Waals surface area contributed by atoms with Crippen LogP contribution in [0.25, 0.3) is 0 Å². The van der Waals surface area contributed by atoms with Crippen molar-refractivity contribution in [3.05, 3.63) is 45.9 Å². The van der Waals surface area contributed by atoms with Crippen molar-refractivity contribution in [2.24, 2.45) is 0 Å². The minimum Gasteiger partial charge on any atom is -0.395 e. The van der Waals surface area contributed by atoms with Crippen LogP contribution in [0.2, 0.25) is 0 Å². The number of rotatable bonds is 6. The number of likely N-dealkylation sites (N-methyl/N-ethyl adjacent to an activating group) is 1. The lowest BCUT2D eigenvalue weighted by atomic mass is 10.2. The van der Waals surface area contributed by atoms with Crippen LogP contribution in [0, 0.1) is 6.92 Å². The van der Waals surface area contributed by atoms with Crippen molar-refractivity contribution in [1.29, 1.82) is 0 Å². The van der Waals surface area contributed by atoms with Gasteiger partial charge < -0.3 is 10.0 Å². The maximum atomic E-state index is 12.4. The molecule has 0 radical (unpaired) electrons. The van der Waals surface area contributed by atoms with Crippen molar-refractivity contribution in [3.63, 3.8) is 0 Å². The average molecular weight is 322 g/mol. The van der Waals surface area contributed by atoms with E-state index in [9.17, 15) is 4.79 Å². The summed E-state index contributed by atoms with van der Waals surface area (Å²) in [6.45, 7) is 2.29. The first-order valence-corrected chi connectivity index (χ1v) is 8.47. The number of thioether (sulfide) groups is 1. The maximum absolute atomic E-state index is 12.4. The smallest absolute Gasteiger partial charge is 0.254 e. The van der Waals surface area contributed by atoms with E-state index in [0.29, 0.717) is 12.1 Å². The summed E-state index contributed by atoms with van der Waals surface area (Å²) in [5.74, 6) is 0.680. The Morgan fingerprint density at radius 1 is 1.43 bits per heavy atom. The molecule has 1 aromatic carbocycles. The Morgan fingerprint density at radius 3 is 2.86 bits per heavy atom. The van der Waals surface area contributed by atoms with Gasteiger partial charge in [-0.2, -0.15) is 0 Å². The standard InChI is InChI=1S/C15H18N2O2S2/c1-11-16-12(9-20-11)10-21-14-6-4-3-5-13(14)15(19)17(2)7-8-18/h3-6,9,18H,7-8,10H2,1-2H3. The molecule has 0 saturated heterocycles. The van der Waals surface area contributed by atoms with Crippen LogP contribution in [0.3, 0.4) is 0 Å². The van der Waals surface area contributed by atoms with Crippen LogP contribution >= 0.6 is 23.1 Å². The number of carbonyl (C=O) groups excluding carboxylic acids is 1. The number of aliphatic hydroxyl groups is 1. The Labute approximate surface area is 132 Å². The van der Waals surface area contributed by atoms with Gasteiger partial charge in [0.1, 0.15) is 0 Å². The molecule has 0 aliphatic heterocycles. The van der Waals surface area contributed by atoms with Crippen molar-refractivity contribution in [1.82, 2.24) is 9.88 Å². The van der Waals surface area contributed by atoms with Crippen molar-refractivity contribution in [3.8, 4) is 0 Å². The third-order valence-corrected chi connectivity index (χ3v) is 4.87. The second-order valence-electron chi connectivity index (χ2n) is 4.59. The summed E-state index contributed by atoms with van der Waals surface area (Å²) in [6.07, 6.45) is 0. The van der Waals surface area contributed by atoms with Gasteiger partial charge in [-0.1, -0.05) is 12.1 Å². The molecule has 0 atom stereocenters. The molecular formula is C15H18N2O2S2. The topological polar surface area (TPSA) is 53.4 Å². The minimum atomic E-state index is -0.0680. The van der Waals surface area contributed by atoms with E-state index >= 15 is 0 Å². The number of hydrogen-bond acceptors (Lipinski definition) is 5. The van der Waals surface area contributed by atoms with Crippen LogP contribution in [0.15, 0.2) is 34.5 Å². The van der Waals surface area contributed by atoms with E-state index in [1.165, 1.54) is 4.90 Å². The van der Waals surface area contributed by atoms with Gasteiger partial charge in [0.25, 0.3) is 5.91 Å². The number of amides is 1. The third kappa shape index (κ3) is 4.30. The molecule has 6 heteroatoms. The molecule has 0 unspecified atom stereocenters. The monoisotopic (exact) mass is 322 g/mol. The zero-order valence-corrected chi connectivity index (χ0v) is 13.7. The number of benzene rings is 1. The highest BCUT2D eigenvalue weighted by molar-refractivity contribution is 7.98. The predicted molar refractivity (Wildman–Crippen MR) is 86.9 cm³/mol. The summed E-state index contributed by atoms with van der Waals surface area (Å²) in [7, 11) is 1.70. The maximum Gasteiger partial charge on any atom is 0.254 e. The first-order chi connectivity index (χ1) is 10.1. The lowest BCUT2D eigenvalue weighted by molar-refractivity contribution is 0.0763. The van der Waals surface area contributed by atoms with Crippen molar-refractivity contribution in [2.45, 2.75) is 17.6 Å². The molecule has 0 saturated carbocycles. The Bertz CT molecular complexity index is 613. The molecule has 112 valence electrons. The van der Waals surface area contributed by atoms with Gasteiger partial charge in [0, 0.05) is 29.6 Å².